The minimum atomic E-state index is -0.507. The predicted octanol–water partition coefficient (Wildman–Crippen LogP) is -0.232. The van der Waals surface area contributed by atoms with Gasteiger partial charge in [-0.2, -0.15) is 0 Å². The molecule has 0 spiro atoms. The molecule has 0 aliphatic rings. The lowest BCUT2D eigenvalue weighted by molar-refractivity contribution is -0.119. The Hall–Kier alpha value is -1.77. The van der Waals surface area contributed by atoms with Crippen molar-refractivity contribution in [2.24, 2.45) is 0 Å². The smallest absolute Gasteiger partial charge is 0.407 e. The number of nitrogens with one attached hydrogen (secondary N) is 2. The van der Waals surface area contributed by atoms with Crippen LogP contribution in [-0.4, -0.2) is 38.2 Å². The molecule has 0 saturated heterocycles. The Balaban J connectivity index is 3.34. The third-order valence-corrected chi connectivity index (χ3v) is 1.21. The predicted molar refractivity (Wildman–Crippen MR) is 49.5 cm³/mol. The van der Waals surface area contributed by atoms with Crippen molar-refractivity contribution in [3.63, 3.8) is 0 Å². The molecule has 0 aromatic rings. The van der Waals surface area contributed by atoms with E-state index in [9.17, 15) is 9.59 Å². The van der Waals surface area contributed by atoms with Gasteiger partial charge < -0.3 is 20.2 Å². The minimum Gasteiger partial charge on any atom is -0.450 e. The summed E-state index contributed by atoms with van der Waals surface area (Å²) in [6.07, 6.45) is -0.507. The van der Waals surface area contributed by atoms with Crippen LogP contribution in [0.25, 0.3) is 4.85 Å². The molecule has 2 amide bonds. The Bertz CT molecular complexity index is 234. The first-order chi connectivity index (χ1) is 6.70. The van der Waals surface area contributed by atoms with Crippen LogP contribution in [-0.2, 0) is 9.53 Å². The molecule has 0 fully saturated rings. The Morgan fingerprint density at radius 1 is 1.36 bits per heavy atom. The molecular weight excluding hydrogens is 186 g/mol. The highest BCUT2D eigenvalue weighted by atomic mass is 16.5. The van der Waals surface area contributed by atoms with E-state index in [1.165, 1.54) is 0 Å². The highest BCUT2D eigenvalue weighted by molar-refractivity contribution is 5.79. The number of rotatable bonds is 5. The Morgan fingerprint density at radius 3 is 2.57 bits per heavy atom. The van der Waals surface area contributed by atoms with Crippen LogP contribution in [0.3, 0.4) is 0 Å². The summed E-state index contributed by atoms with van der Waals surface area (Å²) in [4.78, 5) is 24.4. The first-order valence-corrected chi connectivity index (χ1v) is 4.21. The van der Waals surface area contributed by atoms with E-state index in [1.807, 2.05) is 0 Å². The second-order valence-electron chi connectivity index (χ2n) is 2.31. The van der Waals surface area contributed by atoms with Gasteiger partial charge in [0.1, 0.15) is 0 Å². The van der Waals surface area contributed by atoms with Crippen LogP contribution in [0.4, 0.5) is 4.79 Å². The molecular formula is C8H13N3O3. The van der Waals surface area contributed by atoms with E-state index >= 15 is 0 Å². The molecule has 2 N–H and O–H groups in total. The van der Waals surface area contributed by atoms with Gasteiger partial charge >= 0.3 is 6.09 Å². The molecule has 0 saturated carbocycles. The van der Waals surface area contributed by atoms with E-state index in [0.29, 0.717) is 19.7 Å². The van der Waals surface area contributed by atoms with Crippen LogP contribution in [0.5, 0.6) is 0 Å². The maximum absolute atomic E-state index is 10.7. The fraction of sp³-hybridized carbons (Fsp3) is 0.625. The fourth-order valence-electron chi connectivity index (χ4n) is 0.676. The van der Waals surface area contributed by atoms with Gasteiger partial charge in [-0.3, -0.25) is 4.79 Å². The van der Waals surface area contributed by atoms with Gasteiger partial charge in [0, 0.05) is 13.1 Å². The van der Waals surface area contributed by atoms with E-state index in [4.69, 9.17) is 6.57 Å². The normalized spacial score (nSPS) is 8.57. The third kappa shape index (κ3) is 6.91. The molecule has 0 unspecified atom stereocenters. The molecule has 14 heavy (non-hydrogen) atoms. The standard InChI is InChI=1S/C8H13N3O3/c1-3-14-8(13)11-5-4-10-7(12)6-9-2/h3-6H2,1H3,(H,10,12)(H,11,13). The number of nitrogens with zero attached hydrogens (tertiary/aromatic N) is 1. The number of alkyl carbamates (subject to hydrolysis) is 1. The number of hydrogen-bond acceptors (Lipinski definition) is 3. The lowest BCUT2D eigenvalue weighted by Gasteiger charge is -2.04. The van der Waals surface area contributed by atoms with Crippen molar-refractivity contribution < 1.29 is 14.3 Å². The van der Waals surface area contributed by atoms with Crippen molar-refractivity contribution in [3.8, 4) is 0 Å². The molecule has 0 bridgehead atoms. The molecule has 6 heteroatoms. The average Bonchev–Trinajstić information content (AvgIpc) is 2.13. The van der Waals surface area contributed by atoms with E-state index in [0.717, 1.165) is 0 Å². The van der Waals surface area contributed by atoms with Gasteiger partial charge in [-0.15, -0.1) is 0 Å². The van der Waals surface area contributed by atoms with Gasteiger partial charge in [-0.05, 0) is 6.92 Å². The largest absolute Gasteiger partial charge is 0.450 e. The number of carbonyl (C=O) groups is 2. The van der Waals surface area contributed by atoms with Gasteiger partial charge in [0.25, 0.3) is 12.5 Å². The maximum atomic E-state index is 10.7. The van der Waals surface area contributed by atoms with E-state index < -0.39 is 6.09 Å². The highest BCUT2D eigenvalue weighted by Gasteiger charge is 2.02. The first kappa shape index (κ1) is 12.2. The summed E-state index contributed by atoms with van der Waals surface area (Å²) in [6.45, 7) is 8.84. The summed E-state index contributed by atoms with van der Waals surface area (Å²) in [6, 6.07) is 0. The van der Waals surface area contributed by atoms with Crippen LogP contribution in [0.15, 0.2) is 0 Å². The van der Waals surface area contributed by atoms with E-state index in [2.05, 4.69) is 20.2 Å². The van der Waals surface area contributed by atoms with Gasteiger partial charge in [-0.25, -0.2) is 11.4 Å². The first-order valence-electron chi connectivity index (χ1n) is 4.21. The molecule has 0 aromatic carbocycles. The van der Waals surface area contributed by atoms with Gasteiger partial charge in [0.05, 0.1) is 6.61 Å². The Morgan fingerprint density at radius 2 is 2.00 bits per heavy atom. The zero-order chi connectivity index (χ0) is 10.8. The molecule has 0 radical (unpaired) electrons. The summed E-state index contributed by atoms with van der Waals surface area (Å²) < 4.78 is 4.59. The summed E-state index contributed by atoms with van der Waals surface area (Å²) in [5.41, 5.74) is 0. The highest BCUT2D eigenvalue weighted by Crippen LogP contribution is 1.74. The molecule has 0 rings (SSSR count). The molecule has 0 aliphatic heterocycles. The lowest BCUT2D eigenvalue weighted by atomic mass is 10.5. The van der Waals surface area contributed by atoms with Gasteiger partial charge in [0.2, 0.25) is 0 Å². The Labute approximate surface area is 82.4 Å². The molecule has 0 atom stereocenters. The second-order valence-corrected chi connectivity index (χ2v) is 2.31. The zero-order valence-corrected chi connectivity index (χ0v) is 8.00. The molecule has 0 heterocycles. The quantitative estimate of drug-likeness (QED) is 0.474. The van der Waals surface area contributed by atoms with Crippen molar-refractivity contribution in [2.45, 2.75) is 6.92 Å². The van der Waals surface area contributed by atoms with Gasteiger partial charge in [-0.1, -0.05) is 0 Å². The summed E-state index contributed by atoms with van der Waals surface area (Å²) in [5, 5.41) is 4.89. The topological polar surface area (TPSA) is 71.8 Å². The van der Waals surface area contributed by atoms with Gasteiger partial charge in [0.15, 0.2) is 0 Å². The molecule has 0 aliphatic carbocycles. The maximum Gasteiger partial charge on any atom is 0.407 e. The van der Waals surface area contributed by atoms with E-state index in [1.54, 1.807) is 6.92 Å². The van der Waals surface area contributed by atoms with Crippen molar-refractivity contribution in [1.29, 1.82) is 0 Å². The molecule has 78 valence electrons. The van der Waals surface area contributed by atoms with E-state index in [-0.39, 0.29) is 12.5 Å². The van der Waals surface area contributed by atoms with Crippen LogP contribution < -0.4 is 10.6 Å². The summed E-state index contributed by atoms with van der Waals surface area (Å²) >= 11 is 0. The minimum absolute atomic E-state index is 0.181. The third-order valence-electron chi connectivity index (χ3n) is 1.21. The SMILES string of the molecule is [C-]#[N+]CC(=O)NCCNC(=O)OCC. The average molecular weight is 199 g/mol. The number of hydrogen-bond donors (Lipinski definition) is 2. The molecule has 6 nitrogen and oxygen atoms in total. The fourth-order valence-corrected chi connectivity index (χ4v) is 0.676. The monoisotopic (exact) mass is 199 g/mol. The van der Waals surface area contributed by atoms with Crippen LogP contribution >= 0.6 is 0 Å². The number of amides is 2. The van der Waals surface area contributed by atoms with Crippen LogP contribution in [0.2, 0.25) is 0 Å². The summed E-state index contributed by atoms with van der Waals surface area (Å²) in [7, 11) is 0. The van der Waals surface area contributed by atoms with Crippen molar-refractivity contribution in [3.05, 3.63) is 11.4 Å². The lowest BCUT2D eigenvalue weighted by Crippen LogP contribution is -2.35. The number of ether oxygens (including phenoxy) is 1. The zero-order valence-electron chi connectivity index (χ0n) is 8.00. The van der Waals surface area contributed by atoms with Crippen molar-refractivity contribution >= 4 is 12.0 Å². The summed E-state index contributed by atoms with van der Waals surface area (Å²) in [5.74, 6) is -0.342. The molecule has 0 aromatic heterocycles. The van der Waals surface area contributed by atoms with Crippen LogP contribution in [0, 0.1) is 6.57 Å². The van der Waals surface area contributed by atoms with Crippen molar-refractivity contribution in [2.75, 3.05) is 26.2 Å². The van der Waals surface area contributed by atoms with Crippen LogP contribution in [0.1, 0.15) is 6.92 Å². The van der Waals surface area contributed by atoms with Crippen molar-refractivity contribution in [1.82, 2.24) is 10.6 Å². The Kier molecular flexibility index (Phi) is 6.86. The number of carbonyl (C=O) groups excluding carboxylic acids is 2. The second kappa shape index (κ2) is 7.86.